The number of hydrogen-bond donors (Lipinski definition) is 1. The summed E-state index contributed by atoms with van der Waals surface area (Å²) in [6.45, 7) is 3.00. The van der Waals surface area contributed by atoms with E-state index in [9.17, 15) is 4.79 Å². The number of hydrogen-bond acceptors (Lipinski definition) is 3. The SMILES string of the molecule is CC1CCNc2c1c1ccccc1oc2=O. The monoisotopic (exact) mass is 215 g/mol. The van der Waals surface area contributed by atoms with Gasteiger partial charge in [0.2, 0.25) is 0 Å². The van der Waals surface area contributed by atoms with Gasteiger partial charge in [-0.15, -0.1) is 0 Å². The van der Waals surface area contributed by atoms with E-state index in [1.807, 2.05) is 24.3 Å². The van der Waals surface area contributed by atoms with E-state index in [4.69, 9.17) is 4.42 Å². The summed E-state index contributed by atoms with van der Waals surface area (Å²) < 4.78 is 5.29. The second kappa shape index (κ2) is 3.37. The van der Waals surface area contributed by atoms with E-state index < -0.39 is 0 Å². The summed E-state index contributed by atoms with van der Waals surface area (Å²) in [5.74, 6) is 0.408. The van der Waals surface area contributed by atoms with Gasteiger partial charge < -0.3 is 9.73 Å². The van der Waals surface area contributed by atoms with Crippen molar-refractivity contribution in [3.63, 3.8) is 0 Å². The Hall–Kier alpha value is -1.77. The summed E-state index contributed by atoms with van der Waals surface area (Å²) in [6, 6.07) is 7.72. The topological polar surface area (TPSA) is 42.2 Å². The second-order valence-corrected chi connectivity index (χ2v) is 4.29. The lowest BCUT2D eigenvalue weighted by Gasteiger charge is -2.23. The van der Waals surface area contributed by atoms with Gasteiger partial charge in [-0.2, -0.15) is 0 Å². The van der Waals surface area contributed by atoms with Gasteiger partial charge in [-0.1, -0.05) is 25.1 Å². The maximum Gasteiger partial charge on any atom is 0.360 e. The molecule has 0 saturated carbocycles. The highest BCUT2D eigenvalue weighted by Crippen LogP contribution is 2.34. The summed E-state index contributed by atoms with van der Waals surface area (Å²) in [7, 11) is 0. The molecule has 82 valence electrons. The third-order valence-electron chi connectivity index (χ3n) is 3.23. The van der Waals surface area contributed by atoms with E-state index in [2.05, 4.69) is 12.2 Å². The Morgan fingerprint density at radius 1 is 1.38 bits per heavy atom. The molecule has 0 aliphatic carbocycles. The molecule has 0 saturated heterocycles. The molecule has 2 heterocycles. The summed E-state index contributed by atoms with van der Waals surface area (Å²) in [4.78, 5) is 11.8. The van der Waals surface area contributed by atoms with Crippen molar-refractivity contribution in [1.29, 1.82) is 0 Å². The normalized spacial score (nSPS) is 19.2. The highest BCUT2D eigenvalue weighted by molar-refractivity contribution is 5.85. The molecule has 1 N–H and O–H groups in total. The van der Waals surface area contributed by atoms with E-state index in [1.165, 1.54) is 0 Å². The summed E-state index contributed by atoms with van der Waals surface area (Å²) in [5.41, 5.74) is 2.19. The molecular formula is C13H13NO2. The van der Waals surface area contributed by atoms with E-state index in [-0.39, 0.29) is 5.63 Å². The standard InChI is InChI=1S/C13H13NO2/c1-8-6-7-14-12-11(8)9-4-2-3-5-10(9)16-13(12)15/h2-5,8,14H,6-7H2,1H3. The summed E-state index contributed by atoms with van der Waals surface area (Å²) in [6.07, 6.45) is 1.06. The number of nitrogens with one attached hydrogen (secondary N) is 1. The average molecular weight is 215 g/mol. The molecule has 2 aromatic rings. The zero-order valence-corrected chi connectivity index (χ0v) is 9.12. The van der Waals surface area contributed by atoms with Crippen molar-refractivity contribution in [2.45, 2.75) is 19.3 Å². The largest absolute Gasteiger partial charge is 0.421 e. The van der Waals surface area contributed by atoms with E-state index in [0.29, 0.717) is 17.2 Å². The molecule has 0 spiro atoms. The van der Waals surface area contributed by atoms with Gasteiger partial charge in [-0.25, -0.2) is 4.79 Å². The lowest BCUT2D eigenvalue weighted by atomic mass is 9.91. The molecule has 0 bridgehead atoms. The molecule has 1 unspecified atom stereocenters. The first-order valence-corrected chi connectivity index (χ1v) is 5.57. The Morgan fingerprint density at radius 2 is 2.19 bits per heavy atom. The molecule has 1 aromatic heterocycles. The van der Waals surface area contributed by atoms with Crippen LogP contribution in [0.3, 0.4) is 0 Å². The van der Waals surface area contributed by atoms with Gasteiger partial charge in [0.1, 0.15) is 11.3 Å². The van der Waals surface area contributed by atoms with Crippen molar-refractivity contribution < 1.29 is 4.42 Å². The Kier molecular flexibility index (Phi) is 1.99. The summed E-state index contributed by atoms with van der Waals surface area (Å²) in [5, 5.41) is 4.20. The molecule has 3 nitrogen and oxygen atoms in total. The predicted octanol–water partition coefficient (Wildman–Crippen LogP) is 2.71. The van der Waals surface area contributed by atoms with Crippen LogP contribution < -0.4 is 10.9 Å². The summed E-state index contributed by atoms with van der Waals surface area (Å²) >= 11 is 0. The Morgan fingerprint density at radius 3 is 3.06 bits per heavy atom. The number of rotatable bonds is 0. The molecule has 16 heavy (non-hydrogen) atoms. The minimum atomic E-state index is -0.250. The first-order chi connectivity index (χ1) is 7.77. The van der Waals surface area contributed by atoms with Gasteiger partial charge >= 0.3 is 5.63 Å². The van der Waals surface area contributed by atoms with Gasteiger partial charge in [-0.3, -0.25) is 0 Å². The van der Waals surface area contributed by atoms with Crippen molar-refractivity contribution in [2.24, 2.45) is 0 Å². The van der Waals surface area contributed by atoms with Crippen molar-refractivity contribution >= 4 is 16.7 Å². The average Bonchev–Trinajstić information content (AvgIpc) is 2.30. The van der Waals surface area contributed by atoms with Crippen LogP contribution in [0.4, 0.5) is 5.69 Å². The number of fused-ring (bicyclic) bond motifs is 3. The van der Waals surface area contributed by atoms with Crippen molar-refractivity contribution in [3.05, 3.63) is 40.2 Å². The zero-order valence-electron chi connectivity index (χ0n) is 9.12. The van der Waals surface area contributed by atoms with Crippen molar-refractivity contribution in [2.75, 3.05) is 11.9 Å². The second-order valence-electron chi connectivity index (χ2n) is 4.29. The highest BCUT2D eigenvalue weighted by atomic mass is 16.4. The molecule has 0 amide bonds. The minimum absolute atomic E-state index is 0.250. The smallest absolute Gasteiger partial charge is 0.360 e. The minimum Gasteiger partial charge on any atom is -0.421 e. The van der Waals surface area contributed by atoms with Crippen LogP contribution in [0.5, 0.6) is 0 Å². The van der Waals surface area contributed by atoms with Crippen LogP contribution in [-0.4, -0.2) is 6.54 Å². The van der Waals surface area contributed by atoms with Crippen LogP contribution in [0.15, 0.2) is 33.5 Å². The predicted molar refractivity (Wildman–Crippen MR) is 64.0 cm³/mol. The van der Waals surface area contributed by atoms with Crippen molar-refractivity contribution in [1.82, 2.24) is 0 Å². The Labute approximate surface area is 93.1 Å². The highest BCUT2D eigenvalue weighted by Gasteiger charge is 2.22. The third kappa shape index (κ3) is 1.24. The van der Waals surface area contributed by atoms with Gasteiger partial charge in [0, 0.05) is 11.9 Å². The molecular weight excluding hydrogens is 202 g/mol. The Bertz CT molecular complexity index is 600. The lowest BCUT2D eigenvalue weighted by Crippen LogP contribution is -2.22. The number of anilines is 1. The molecule has 3 rings (SSSR count). The maximum absolute atomic E-state index is 11.8. The van der Waals surface area contributed by atoms with Gasteiger partial charge in [0.15, 0.2) is 0 Å². The number of benzene rings is 1. The van der Waals surface area contributed by atoms with Crippen LogP contribution in [0.1, 0.15) is 24.8 Å². The molecule has 0 radical (unpaired) electrons. The van der Waals surface area contributed by atoms with Crippen LogP contribution in [-0.2, 0) is 0 Å². The molecule has 0 fully saturated rings. The molecule has 1 aliphatic rings. The van der Waals surface area contributed by atoms with E-state index in [1.54, 1.807) is 0 Å². The fraction of sp³-hybridized carbons (Fsp3) is 0.308. The van der Waals surface area contributed by atoms with Gasteiger partial charge in [0.05, 0.1) is 0 Å². The first-order valence-electron chi connectivity index (χ1n) is 5.57. The van der Waals surface area contributed by atoms with Crippen LogP contribution in [0.2, 0.25) is 0 Å². The quantitative estimate of drug-likeness (QED) is 0.687. The fourth-order valence-electron chi connectivity index (χ4n) is 2.41. The van der Waals surface area contributed by atoms with Crippen LogP contribution in [0, 0.1) is 0 Å². The van der Waals surface area contributed by atoms with Crippen molar-refractivity contribution in [3.8, 4) is 0 Å². The van der Waals surface area contributed by atoms with Crippen LogP contribution in [0.25, 0.3) is 11.0 Å². The van der Waals surface area contributed by atoms with Gasteiger partial charge in [-0.05, 0) is 24.0 Å². The first kappa shape index (κ1) is 9.46. The molecule has 1 atom stereocenters. The number of para-hydroxylation sites is 1. The van der Waals surface area contributed by atoms with E-state index >= 15 is 0 Å². The fourth-order valence-corrected chi connectivity index (χ4v) is 2.41. The zero-order chi connectivity index (χ0) is 11.1. The lowest BCUT2D eigenvalue weighted by molar-refractivity contribution is 0.552. The Balaban J connectivity index is 2.45. The molecule has 1 aliphatic heterocycles. The molecule has 3 heteroatoms. The maximum atomic E-state index is 11.8. The van der Waals surface area contributed by atoms with Gasteiger partial charge in [0.25, 0.3) is 0 Å². The van der Waals surface area contributed by atoms with E-state index in [0.717, 1.165) is 23.9 Å². The van der Waals surface area contributed by atoms with Crippen LogP contribution >= 0.6 is 0 Å². The third-order valence-corrected chi connectivity index (χ3v) is 3.23. The molecule has 1 aromatic carbocycles.